The van der Waals surface area contributed by atoms with Crippen molar-refractivity contribution in [3.05, 3.63) is 47.8 Å². The smallest absolute Gasteiger partial charge is 0.406 e. The van der Waals surface area contributed by atoms with Gasteiger partial charge in [0.25, 0.3) is 0 Å². The maximum atomic E-state index is 12.5. The fourth-order valence-corrected chi connectivity index (χ4v) is 2.33. The van der Waals surface area contributed by atoms with Gasteiger partial charge in [-0.3, -0.25) is 0 Å². The van der Waals surface area contributed by atoms with Crippen molar-refractivity contribution < 1.29 is 17.9 Å². The third-order valence-corrected chi connectivity index (χ3v) is 3.45. The van der Waals surface area contributed by atoms with Gasteiger partial charge in [-0.25, -0.2) is 9.97 Å². The molecule has 2 aromatic rings. The molecule has 0 saturated heterocycles. The topological polar surface area (TPSA) is 47.0 Å². The first-order valence-electron chi connectivity index (χ1n) is 7.28. The third-order valence-electron chi connectivity index (χ3n) is 3.45. The van der Waals surface area contributed by atoms with Crippen molar-refractivity contribution in [2.24, 2.45) is 5.92 Å². The predicted octanol–water partition coefficient (Wildman–Crippen LogP) is 3.74. The first kappa shape index (κ1) is 15.6. The lowest BCUT2D eigenvalue weighted by Gasteiger charge is -2.13. The number of alkyl halides is 3. The highest BCUT2D eigenvalue weighted by Gasteiger charge is 2.31. The lowest BCUT2D eigenvalue weighted by atomic mass is 10.0. The minimum absolute atomic E-state index is 0.185. The summed E-state index contributed by atoms with van der Waals surface area (Å²) in [4.78, 5) is 7.93. The van der Waals surface area contributed by atoms with Gasteiger partial charge in [-0.1, -0.05) is 6.07 Å². The van der Waals surface area contributed by atoms with E-state index in [2.05, 4.69) is 26.1 Å². The van der Waals surface area contributed by atoms with Crippen LogP contribution >= 0.6 is 0 Å². The van der Waals surface area contributed by atoms with Crippen molar-refractivity contribution in [3.8, 4) is 5.75 Å². The molecule has 1 radical (unpaired) electrons. The van der Waals surface area contributed by atoms with E-state index in [1.807, 2.05) is 6.07 Å². The molecule has 0 amide bonds. The number of nitrogens with one attached hydrogen (secondary N) is 1. The van der Waals surface area contributed by atoms with Crippen molar-refractivity contribution in [3.63, 3.8) is 0 Å². The fraction of sp³-hybridized carbons (Fsp3) is 0.375. The normalized spacial score (nSPS) is 14.6. The Balaban J connectivity index is 1.75. The number of nitrogens with zero attached hydrogens (tertiary/aromatic N) is 2. The number of rotatable bonds is 6. The molecule has 1 saturated carbocycles. The van der Waals surface area contributed by atoms with E-state index in [1.165, 1.54) is 24.5 Å². The zero-order valence-electron chi connectivity index (χ0n) is 12.2. The Hall–Kier alpha value is -2.31. The van der Waals surface area contributed by atoms with Crippen LogP contribution in [0.1, 0.15) is 24.0 Å². The molecule has 0 aliphatic heterocycles. The zero-order valence-corrected chi connectivity index (χ0v) is 12.2. The molecule has 7 heteroatoms. The quantitative estimate of drug-likeness (QED) is 0.880. The molecule has 1 N–H and O–H groups in total. The van der Waals surface area contributed by atoms with Crippen LogP contribution in [0, 0.1) is 12.0 Å². The Morgan fingerprint density at radius 2 is 1.83 bits per heavy atom. The van der Waals surface area contributed by atoms with E-state index < -0.39 is 6.36 Å². The Bertz CT molecular complexity index is 657. The van der Waals surface area contributed by atoms with Crippen molar-refractivity contribution in [2.45, 2.75) is 32.2 Å². The second-order valence-electron chi connectivity index (χ2n) is 5.54. The highest BCUT2D eigenvalue weighted by atomic mass is 19.4. The van der Waals surface area contributed by atoms with Crippen LogP contribution in [0.4, 0.5) is 19.1 Å². The van der Waals surface area contributed by atoms with Gasteiger partial charge < -0.3 is 10.1 Å². The first-order chi connectivity index (χ1) is 11.0. The molecule has 0 atom stereocenters. The molecular weight excluding hydrogens is 307 g/mol. The molecule has 3 rings (SSSR count). The Morgan fingerprint density at radius 3 is 2.48 bits per heavy atom. The highest BCUT2D eigenvalue weighted by molar-refractivity contribution is 5.37. The number of anilines is 1. The second-order valence-corrected chi connectivity index (χ2v) is 5.54. The minimum Gasteiger partial charge on any atom is -0.406 e. The van der Waals surface area contributed by atoms with E-state index in [0.717, 1.165) is 24.8 Å². The molecule has 0 bridgehead atoms. The Kier molecular flexibility index (Phi) is 4.36. The van der Waals surface area contributed by atoms with Crippen LogP contribution in [-0.2, 0) is 13.0 Å². The maximum Gasteiger partial charge on any atom is 0.573 e. The zero-order chi connectivity index (χ0) is 16.3. The predicted molar refractivity (Wildman–Crippen MR) is 77.7 cm³/mol. The van der Waals surface area contributed by atoms with Gasteiger partial charge in [0.15, 0.2) is 0 Å². The number of aromatic nitrogens is 2. The maximum absolute atomic E-state index is 12.5. The molecular formula is C16H15F3N3O. The summed E-state index contributed by atoms with van der Waals surface area (Å²) in [5.74, 6) is 0.786. The highest BCUT2D eigenvalue weighted by Crippen LogP contribution is 2.34. The molecule has 0 unspecified atom stereocenters. The Morgan fingerprint density at radius 1 is 1.13 bits per heavy atom. The summed E-state index contributed by atoms with van der Waals surface area (Å²) in [6.07, 6.45) is 1.28. The summed E-state index contributed by atoms with van der Waals surface area (Å²) in [5, 5.41) is 2.97. The van der Waals surface area contributed by atoms with Gasteiger partial charge in [0.05, 0.1) is 0 Å². The average molecular weight is 322 g/mol. The second kappa shape index (κ2) is 6.44. The summed E-state index contributed by atoms with van der Waals surface area (Å²) < 4.78 is 41.5. The van der Waals surface area contributed by atoms with Crippen molar-refractivity contribution >= 4 is 5.95 Å². The summed E-state index contributed by atoms with van der Waals surface area (Å²) in [6, 6.07) is 7.43. The average Bonchev–Trinajstić information content (AvgIpc) is 3.28. The standard InChI is InChI=1S/C16H15F3N3O/c17-16(18,19)23-14-8-12(6-11-2-3-11)7-13(9-14)10-22-15-20-4-1-5-21-15/h4-5,7-9,11H,2-3,6,10H2,(H,20,21,22). The molecule has 1 fully saturated rings. The molecule has 1 aliphatic carbocycles. The fourth-order valence-electron chi connectivity index (χ4n) is 2.33. The summed E-state index contributed by atoms with van der Waals surface area (Å²) in [6.45, 7) is 0.316. The van der Waals surface area contributed by atoms with Crippen LogP contribution in [0.2, 0.25) is 0 Å². The number of hydrogen-bond donors (Lipinski definition) is 1. The molecule has 0 spiro atoms. The monoisotopic (exact) mass is 322 g/mol. The number of halogens is 3. The van der Waals surface area contributed by atoms with Gasteiger partial charge >= 0.3 is 6.36 Å². The lowest BCUT2D eigenvalue weighted by Crippen LogP contribution is -2.17. The molecule has 23 heavy (non-hydrogen) atoms. The molecule has 1 aromatic heterocycles. The van der Waals surface area contributed by atoms with Gasteiger partial charge in [0, 0.05) is 25.0 Å². The van der Waals surface area contributed by atoms with E-state index in [4.69, 9.17) is 0 Å². The van der Waals surface area contributed by atoms with Crippen molar-refractivity contribution in [2.75, 3.05) is 5.32 Å². The lowest BCUT2D eigenvalue weighted by molar-refractivity contribution is -0.274. The number of benzene rings is 1. The number of ether oxygens (including phenoxy) is 1. The van der Waals surface area contributed by atoms with Crippen LogP contribution in [-0.4, -0.2) is 16.3 Å². The van der Waals surface area contributed by atoms with Crippen LogP contribution in [0.25, 0.3) is 0 Å². The van der Waals surface area contributed by atoms with Crippen LogP contribution in [0.3, 0.4) is 0 Å². The van der Waals surface area contributed by atoms with Gasteiger partial charge in [0.2, 0.25) is 5.95 Å². The van der Waals surface area contributed by atoms with Gasteiger partial charge in [-0.2, -0.15) is 0 Å². The molecule has 4 nitrogen and oxygen atoms in total. The van der Waals surface area contributed by atoms with E-state index in [0.29, 0.717) is 24.0 Å². The van der Waals surface area contributed by atoms with E-state index in [-0.39, 0.29) is 5.75 Å². The van der Waals surface area contributed by atoms with Crippen LogP contribution in [0.5, 0.6) is 5.75 Å². The van der Waals surface area contributed by atoms with Crippen molar-refractivity contribution in [1.29, 1.82) is 0 Å². The van der Waals surface area contributed by atoms with E-state index in [1.54, 1.807) is 0 Å². The largest absolute Gasteiger partial charge is 0.573 e. The van der Waals surface area contributed by atoms with Gasteiger partial charge in [-0.05, 0) is 48.4 Å². The molecule has 1 aliphatic rings. The third kappa shape index (κ3) is 5.12. The molecule has 121 valence electrons. The van der Waals surface area contributed by atoms with E-state index in [9.17, 15) is 13.2 Å². The van der Waals surface area contributed by atoms with Gasteiger partial charge in [0.1, 0.15) is 5.75 Å². The SMILES string of the molecule is FC(F)(F)Oc1cc(CNc2nc[c]cn2)cc(CC2CC2)c1. The molecule has 1 heterocycles. The van der Waals surface area contributed by atoms with Gasteiger partial charge in [-0.15, -0.1) is 13.2 Å². The summed E-state index contributed by atoms with van der Waals surface area (Å²) in [5.41, 5.74) is 1.55. The van der Waals surface area contributed by atoms with Crippen LogP contribution < -0.4 is 10.1 Å². The van der Waals surface area contributed by atoms with Crippen molar-refractivity contribution in [1.82, 2.24) is 9.97 Å². The molecule has 1 aromatic carbocycles. The minimum atomic E-state index is -4.69. The first-order valence-corrected chi connectivity index (χ1v) is 7.28. The summed E-state index contributed by atoms with van der Waals surface area (Å²) in [7, 11) is 0. The van der Waals surface area contributed by atoms with Crippen LogP contribution in [0.15, 0.2) is 30.6 Å². The summed E-state index contributed by atoms with van der Waals surface area (Å²) >= 11 is 0. The number of hydrogen-bond acceptors (Lipinski definition) is 4. The Labute approximate surface area is 131 Å². The van der Waals surface area contributed by atoms with E-state index >= 15 is 0 Å².